The second kappa shape index (κ2) is 4.97. The van der Waals surface area contributed by atoms with Crippen LogP contribution in [0.3, 0.4) is 0 Å². The van der Waals surface area contributed by atoms with Crippen molar-refractivity contribution in [2.75, 3.05) is 13.1 Å². The van der Waals surface area contributed by atoms with Gasteiger partial charge in [0.05, 0.1) is 0 Å². The molecule has 62 valence electrons. The van der Waals surface area contributed by atoms with Gasteiger partial charge in [0, 0.05) is 12.4 Å². The number of aryl methyl sites for hydroxylation is 1. The minimum absolute atomic E-state index is 1.08. The summed E-state index contributed by atoms with van der Waals surface area (Å²) in [7, 11) is 0. The molecule has 0 aliphatic heterocycles. The van der Waals surface area contributed by atoms with E-state index in [1.165, 1.54) is 18.4 Å². The predicted molar refractivity (Wildman–Crippen MR) is 47.7 cm³/mol. The molecular formula is C9H16N2. The van der Waals surface area contributed by atoms with E-state index in [1.54, 1.807) is 0 Å². The molecule has 2 heteroatoms. The van der Waals surface area contributed by atoms with Crippen LogP contribution in [0.5, 0.6) is 0 Å². The molecule has 1 rings (SSSR count). The van der Waals surface area contributed by atoms with Crippen LogP contribution >= 0.6 is 0 Å². The summed E-state index contributed by atoms with van der Waals surface area (Å²) in [5, 5.41) is 3.30. The van der Waals surface area contributed by atoms with Gasteiger partial charge >= 0.3 is 0 Å². The van der Waals surface area contributed by atoms with Crippen molar-refractivity contribution >= 4 is 0 Å². The lowest BCUT2D eigenvalue weighted by Crippen LogP contribution is -2.14. The number of aromatic amines is 1. The topological polar surface area (TPSA) is 27.8 Å². The molecule has 0 aliphatic rings. The van der Waals surface area contributed by atoms with Crippen LogP contribution in [0.1, 0.15) is 18.9 Å². The number of hydrogen-bond acceptors (Lipinski definition) is 1. The average Bonchev–Trinajstić information content (AvgIpc) is 2.50. The van der Waals surface area contributed by atoms with Crippen molar-refractivity contribution in [1.29, 1.82) is 0 Å². The first kappa shape index (κ1) is 8.34. The highest BCUT2D eigenvalue weighted by atomic mass is 14.8. The third-order valence-electron chi connectivity index (χ3n) is 1.73. The fourth-order valence-corrected chi connectivity index (χ4v) is 1.11. The van der Waals surface area contributed by atoms with Gasteiger partial charge in [-0.05, 0) is 37.6 Å². The number of nitrogens with one attached hydrogen (secondary N) is 2. The summed E-state index contributed by atoms with van der Waals surface area (Å²) in [6.45, 7) is 4.34. The Labute approximate surface area is 68.0 Å². The van der Waals surface area contributed by atoms with Crippen LogP contribution in [0, 0.1) is 0 Å². The predicted octanol–water partition coefficient (Wildman–Crippen LogP) is 1.56. The van der Waals surface area contributed by atoms with Gasteiger partial charge < -0.3 is 10.3 Å². The molecule has 0 aromatic carbocycles. The van der Waals surface area contributed by atoms with Crippen LogP contribution in [0.25, 0.3) is 0 Å². The molecule has 0 saturated heterocycles. The Morgan fingerprint density at radius 2 is 2.45 bits per heavy atom. The largest absolute Gasteiger partial charge is 0.367 e. The summed E-state index contributed by atoms with van der Waals surface area (Å²) < 4.78 is 0. The highest BCUT2D eigenvalue weighted by Gasteiger charge is 1.90. The first-order valence-electron chi connectivity index (χ1n) is 4.26. The second-order valence-electron chi connectivity index (χ2n) is 2.68. The minimum Gasteiger partial charge on any atom is -0.367 e. The SMILES string of the molecule is CCNCCCc1cc[nH]c1. The Balaban J connectivity index is 2.04. The molecule has 0 radical (unpaired) electrons. The van der Waals surface area contributed by atoms with Crippen LogP contribution in [0.4, 0.5) is 0 Å². The highest BCUT2D eigenvalue weighted by Crippen LogP contribution is 1.99. The Morgan fingerprint density at radius 1 is 1.55 bits per heavy atom. The van der Waals surface area contributed by atoms with Gasteiger partial charge in [-0.25, -0.2) is 0 Å². The van der Waals surface area contributed by atoms with E-state index in [0.717, 1.165) is 13.1 Å². The van der Waals surface area contributed by atoms with Gasteiger partial charge in [-0.15, -0.1) is 0 Å². The first-order valence-corrected chi connectivity index (χ1v) is 4.26. The average molecular weight is 152 g/mol. The van der Waals surface area contributed by atoms with Gasteiger partial charge in [-0.1, -0.05) is 6.92 Å². The fourth-order valence-electron chi connectivity index (χ4n) is 1.11. The van der Waals surface area contributed by atoms with E-state index < -0.39 is 0 Å². The maximum Gasteiger partial charge on any atom is 0.00373 e. The zero-order valence-corrected chi connectivity index (χ0v) is 7.06. The summed E-state index contributed by atoms with van der Waals surface area (Å²) >= 11 is 0. The molecule has 0 atom stereocenters. The lowest BCUT2D eigenvalue weighted by atomic mass is 10.2. The summed E-state index contributed by atoms with van der Waals surface area (Å²) in [4.78, 5) is 3.05. The Bertz CT molecular complexity index is 168. The van der Waals surface area contributed by atoms with Gasteiger partial charge in [-0.3, -0.25) is 0 Å². The van der Waals surface area contributed by atoms with Crippen molar-refractivity contribution < 1.29 is 0 Å². The van der Waals surface area contributed by atoms with Crippen LogP contribution in [0.2, 0.25) is 0 Å². The molecule has 1 aromatic heterocycles. The van der Waals surface area contributed by atoms with Gasteiger partial charge in [-0.2, -0.15) is 0 Å². The molecule has 2 N–H and O–H groups in total. The quantitative estimate of drug-likeness (QED) is 0.616. The van der Waals surface area contributed by atoms with Crippen molar-refractivity contribution in [2.24, 2.45) is 0 Å². The molecule has 2 nitrogen and oxygen atoms in total. The fraction of sp³-hybridized carbons (Fsp3) is 0.556. The van der Waals surface area contributed by atoms with E-state index in [-0.39, 0.29) is 0 Å². The molecule has 0 bridgehead atoms. The summed E-state index contributed by atoms with van der Waals surface area (Å²) in [6.07, 6.45) is 6.44. The van der Waals surface area contributed by atoms with Crippen LogP contribution < -0.4 is 5.32 Å². The number of hydrogen-bond donors (Lipinski definition) is 2. The van der Waals surface area contributed by atoms with E-state index in [4.69, 9.17) is 0 Å². The second-order valence-corrected chi connectivity index (χ2v) is 2.68. The number of rotatable bonds is 5. The third-order valence-corrected chi connectivity index (χ3v) is 1.73. The molecule has 1 aromatic rings. The van der Waals surface area contributed by atoms with E-state index in [0.29, 0.717) is 0 Å². The minimum atomic E-state index is 1.08. The summed E-state index contributed by atoms with van der Waals surface area (Å²) in [5.41, 5.74) is 1.41. The smallest absolute Gasteiger partial charge is 0.00373 e. The maximum absolute atomic E-state index is 3.30. The number of aromatic nitrogens is 1. The molecule has 0 amide bonds. The molecule has 0 spiro atoms. The van der Waals surface area contributed by atoms with Crippen molar-refractivity contribution in [1.82, 2.24) is 10.3 Å². The zero-order valence-electron chi connectivity index (χ0n) is 7.06. The Hall–Kier alpha value is -0.760. The first-order chi connectivity index (χ1) is 5.43. The highest BCUT2D eigenvalue weighted by molar-refractivity contribution is 5.07. The van der Waals surface area contributed by atoms with Gasteiger partial charge in [0.2, 0.25) is 0 Å². The molecule has 0 unspecified atom stereocenters. The van der Waals surface area contributed by atoms with Crippen molar-refractivity contribution in [2.45, 2.75) is 19.8 Å². The molecule has 0 aliphatic carbocycles. The Morgan fingerprint density at radius 3 is 3.09 bits per heavy atom. The molecule has 0 saturated carbocycles. The van der Waals surface area contributed by atoms with Crippen LogP contribution in [-0.4, -0.2) is 18.1 Å². The lowest BCUT2D eigenvalue weighted by molar-refractivity contribution is 0.673. The van der Waals surface area contributed by atoms with E-state index in [1.807, 2.05) is 6.20 Å². The third kappa shape index (κ3) is 3.23. The van der Waals surface area contributed by atoms with Crippen LogP contribution in [0.15, 0.2) is 18.5 Å². The van der Waals surface area contributed by atoms with Crippen molar-refractivity contribution in [3.8, 4) is 0 Å². The molecular weight excluding hydrogens is 136 g/mol. The van der Waals surface area contributed by atoms with Crippen molar-refractivity contribution in [3.05, 3.63) is 24.0 Å². The monoisotopic (exact) mass is 152 g/mol. The molecule has 11 heavy (non-hydrogen) atoms. The molecule has 0 fully saturated rings. The van der Waals surface area contributed by atoms with E-state index in [2.05, 4.69) is 29.5 Å². The summed E-state index contributed by atoms with van der Waals surface area (Å²) in [5.74, 6) is 0. The number of H-pyrrole nitrogens is 1. The summed E-state index contributed by atoms with van der Waals surface area (Å²) in [6, 6.07) is 2.13. The molecule has 1 heterocycles. The standard InChI is InChI=1S/C9H16N2/c1-2-10-6-3-4-9-5-7-11-8-9/h5,7-8,10-11H,2-4,6H2,1H3. The van der Waals surface area contributed by atoms with E-state index in [9.17, 15) is 0 Å². The van der Waals surface area contributed by atoms with Gasteiger partial charge in [0.15, 0.2) is 0 Å². The van der Waals surface area contributed by atoms with Gasteiger partial charge in [0.1, 0.15) is 0 Å². The normalized spacial score (nSPS) is 10.3. The van der Waals surface area contributed by atoms with Crippen LogP contribution in [-0.2, 0) is 6.42 Å². The maximum atomic E-state index is 3.30. The lowest BCUT2D eigenvalue weighted by Gasteiger charge is -1.98. The van der Waals surface area contributed by atoms with E-state index >= 15 is 0 Å². The zero-order chi connectivity index (χ0) is 7.94. The van der Waals surface area contributed by atoms with Crippen molar-refractivity contribution in [3.63, 3.8) is 0 Å². The van der Waals surface area contributed by atoms with Gasteiger partial charge in [0.25, 0.3) is 0 Å². The Kier molecular flexibility index (Phi) is 3.76.